The van der Waals surface area contributed by atoms with Gasteiger partial charge in [0.1, 0.15) is 23.1 Å². The normalized spacial score (nSPS) is 10.3. The maximum Gasteiger partial charge on any atom is 0.149 e. The summed E-state index contributed by atoms with van der Waals surface area (Å²) < 4.78 is 32.0. The van der Waals surface area contributed by atoms with Crippen LogP contribution in [0.1, 0.15) is 11.1 Å². The number of hydrogen-bond acceptors (Lipinski definition) is 2. The van der Waals surface area contributed by atoms with Crippen LogP contribution in [0, 0.1) is 18.6 Å². The minimum Gasteiger partial charge on any atom is -0.496 e. The van der Waals surface area contributed by atoms with Gasteiger partial charge in [-0.3, -0.25) is 0 Å². The fourth-order valence-corrected chi connectivity index (χ4v) is 1.91. The molecule has 0 heterocycles. The van der Waals surface area contributed by atoms with Crippen molar-refractivity contribution < 1.29 is 13.5 Å². The highest BCUT2D eigenvalue weighted by Crippen LogP contribution is 2.21. The first-order chi connectivity index (χ1) is 9.11. The third-order valence-corrected chi connectivity index (χ3v) is 2.89. The van der Waals surface area contributed by atoms with Gasteiger partial charge in [-0.2, -0.15) is 0 Å². The van der Waals surface area contributed by atoms with E-state index in [4.69, 9.17) is 4.74 Å². The van der Waals surface area contributed by atoms with Gasteiger partial charge in [-0.15, -0.1) is 0 Å². The van der Waals surface area contributed by atoms with Crippen molar-refractivity contribution in [3.05, 3.63) is 59.2 Å². The van der Waals surface area contributed by atoms with Crippen molar-refractivity contribution in [2.24, 2.45) is 0 Å². The van der Waals surface area contributed by atoms with Gasteiger partial charge in [-0.1, -0.05) is 18.2 Å². The van der Waals surface area contributed by atoms with Gasteiger partial charge in [0.2, 0.25) is 0 Å². The minimum absolute atomic E-state index is 0.101. The quantitative estimate of drug-likeness (QED) is 0.903. The van der Waals surface area contributed by atoms with E-state index < -0.39 is 11.6 Å². The zero-order valence-corrected chi connectivity index (χ0v) is 10.8. The molecule has 100 valence electrons. The molecular formula is C15H15F2NO. The molecule has 4 heteroatoms. The van der Waals surface area contributed by atoms with Crippen LogP contribution in [-0.4, -0.2) is 7.11 Å². The molecule has 0 unspecified atom stereocenters. The van der Waals surface area contributed by atoms with Crippen LogP contribution in [-0.2, 0) is 6.54 Å². The molecule has 2 aromatic carbocycles. The van der Waals surface area contributed by atoms with Crippen molar-refractivity contribution >= 4 is 5.69 Å². The Hall–Kier alpha value is -2.10. The molecule has 0 aliphatic rings. The molecule has 0 atom stereocenters. The van der Waals surface area contributed by atoms with E-state index in [1.54, 1.807) is 7.11 Å². The number of benzene rings is 2. The summed E-state index contributed by atoms with van der Waals surface area (Å²) in [6, 6.07) is 9.41. The van der Waals surface area contributed by atoms with Crippen molar-refractivity contribution in [1.82, 2.24) is 0 Å². The molecule has 0 fully saturated rings. The van der Waals surface area contributed by atoms with Crippen molar-refractivity contribution in [2.45, 2.75) is 13.5 Å². The molecule has 0 aliphatic carbocycles. The van der Waals surface area contributed by atoms with Gasteiger partial charge in [0, 0.05) is 6.54 Å². The maximum absolute atomic E-state index is 13.4. The van der Waals surface area contributed by atoms with Crippen molar-refractivity contribution in [3.8, 4) is 5.75 Å². The van der Waals surface area contributed by atoms with E-state index in [1.807, 2.05) is 25.1 Å². The summed E-state index contributed by atoms with van der Waals surface area (Å²) in [7, 11) is 1.61. The number of anilines is 1. The molecule has 0 aromatic heterocycles. The highest BCUT2D eigenvalue weighted by molar-refractivity contribution is 5.47. The summed E-state index contributed by atoms with van der Waals surface area (Å²) in [6.07, 6.45) is 0. The predicted octanol–water partition coefficient (Wildman–Crippen LogP) is 3.89. The van der Waals surface area contributed by atoms with E-state index >= 15 is 0 Å². The lowest BCUT2D eigenvalue weighted by Crippen LogP contribution is -2.04. The largest absolute Gasteiger partial charge is 0.496 e. The molecule has 0 amide bonds. The Morgan fingerprint density at radius 3 is 2.37 bits per heavy atom. The molecule has 2 nitrogen and oxygen atoms in total. The van der Waals surface area contributed by atoms with Gasteiger partial charge in [0.05, 0.1) is 7.11 Å². The van der Waals surface area contributed by atoms with Crippen LogP contribution in [0.25, 0.3) is 0 Å². The lowest BCUT2D eigenvalue weighted by Gasteiger charge is -2.10. The van der Waals surface area contributed by atoms with Crippen molar-refractivity contribution in [2.75, 3.05) is 12.4 Å². The maximum atomic E-state index is 13.4. The number of aryl methyl sites for hydroxylation is 1. The van der Waals surface area contributed by atoms with Gasteiger partial charge in [0.15, 0.2) is 0 Å². The van der Waals surface area contributed by atoms with Crippen LogP contribution in [0.3, 0.4) is 0 Å². The molecule has 0 saturated carbocycles. The van der Waals surface area contributed by atoms with Crippen LogP contribution in [0.15, 0.2) is 36.4 Å². The number of halogens is 2. The SMILES string of the molecule is COc1ccc(CNc2c(F)cccc2F)cc1C. The number of rotatable bonds is 4. The first kappa shape index (κ1) is 13.3. The molecule has 0 spiro atoms. The molecule has 1 N–H and O–H groups in total. The Morgan fingerprint density at radius 1 is 1.11 bits per heavy atom. The van der Waals surface area contributed by atoms with Crippen LogP contribution >= 0.6 is 0 Å². The van der Waals surface area contributed by atoms with E-state index in [-0.39, 0.29) is 5.69 Å². The van der Waals surface area contributed by atoms with Crippen molar-refractivity contribution in [1.29, 1.82) is 0 Å². The van der Waals surface area contributed by atoms with Gasteiger partial charge >= 0.3 is 0 Å². The Morgan fingerprint density at radius 2 is 1.79 bits per heavy atom. The average molecular weight is 263 g/mol. The second-order valence-electron chi connectivity index (χ2n) is 4.25. The van der Waals surface area contributed by atoms with Crippen molar-refractivity contribution in [3.63, 3.8) is 0 Å². The monoisotopic (exact) mass is 263 g/mol. The van der Waals surface area contributed by atoms with E-state index in [0.717, 1.165) is 16.9 Å². The second kappa shape index (κ2) is 5.69. The second-order valence-corrected chi connectivity index (χ2v) is 4.25. The van der Waals surface area contributed by atoms with Crippen LogP contribution in [0.2, 0.25) is 0 Å². The average Bonchev–Trinajstić information content (AvgIpc) is 2.38. The Balaban J connectivity index is 2.13. The van der Waals surface area contributed by atoms with Crippen LogP contribution in [0.4, 0.5) is 14.5 Å². The zero-order chi connectivity index (χ0) is 13.8. The van der Waals surface area contributed by atoms with Gasteiger partial charge in [0.25, 0.3) is 0 Å². The summed E-state index contributed by atoms with van der Waals surface area (Å²) in [5, 5.41) is 2.77. The van der Waals surface area contributed by atoms with E-state index in [0.29, 0.717) is 6.54 Å². The van der Waals surface area contributed by atoms with E-state index in [9.17, 15) is 8.78 Å². The standard InChI is InChI=1S/C15H15F2NO/c1-10-8-11(6-7-14(10)19-2)9-18-15-12(16)4-3-5-13(15)17/h3-8,18H,9H2,1-2H3. The topological polar surface area (TPSA) is 21.3 Å². The molecule has 0 saturated heterocycles. The minimum atomic E-state index is -0.592. The Kier molecular flexibility index (Phi) is 4.00. The van der Waals surface area contributed by atoms with Crippen LogP contribution < -0.4 is 10.1 Å². The molecule has 0 aliphatic heterocycles. The molecule has 0 radical (unpaired) electrons. The molecular weight excluding hydrogens is 248 g/mol. The van der Waals surface area contributed by atoms with Gasteiger partial charge in [-0.25, -0.2) is 8.78 Å². The highest BCUT2D eigenvalue weighted by atomic mass is 19.1. The lowest BCUT2D eigenvalue weighted by molar-refractivity contribution is 0.411. The Bertz CT molecular complexity index is 564. The van der Waals surface area contributed by atoms with E-state index in [2.05, 4.69) is 5.32 Å². The third kappa shape index (κ3) is 3.02. The molecule has 2 rings (SSSR count). The Labute approximate surface area is 111 Å². The number of para-hydroxylation sites is 1. The fourth-order valence-electron chi connectivity index (χ4n) is 1.91. The lowest BCUT2D eigenvalue weighted by atomic mass is 10.1. The predicted molar refractivity (Wildman–Crippen MR) is 71.4 cm³/mol. The van der Waals surface area contributed by atoms with Gasteiger partial charge in [-0.05, 0) is 36.2 Å². The van der Waals surface area contributed by atoms with Crippen LogP contribution in [0.5, 0.6) is 5.75 Å². The highest BCUT2D eigenvalue weighted by Gasteiger charge is 2.07. The molecule has 0 bridgehead atoms. The fraction of sp³-hybridized carbons (Fsp3) is 0.200. The summed E-state index contributed by atoms with van der Waals surface area (Å²) in [5.74, 6) is -0.392. The summed E-state index contributed by atoms with van der Waals surface area (Å²) in [5.41, 5.74) is 1.81. The summed E-state index contributed by atoms with van der Waals surface area (Å²) >= 11 is 0. The molecule has 2 aromatic rings. The summed E-state index contributed by atoms with van der Waals surface area (Å²) in [4.78, 5) is 0. The summed E-state index contributed by atoms with van der Waals surface area (Å²) in [6.45, 7) is 2.27. The first-order valence-electron chi connectivity index (χ1n) is 5.93. The number of hydrogen-bond donors (Lipinski definition) is 1. The van der Waals surface area contributed by atoms with E-state index in [1.165, 1.54) is 18.2 Å². The number of methoxy groups -OCH3 is 1. The third-order valence-electron chi connectivity index (χ3n) is 2.89. The number of nitrogens with one attached hydrogen (secondary N) is 1. The zero-order valence-electron chi connectivity index (χ0n) is 10.8. The molecule has 19 heavy (non-hydrogen) atoms. The number of ether oxygens (including phenoxy) is 1. The van der Waals surface area contributed by atoms with Gasteiger partial charge < -0.3 is 10.1 Å². The first-order valence-corrected chi connectivity index (χ1v) is 5.93. The smallest absolute Gasteiger partial charge is 0.149 e.